The average Bonchev–Trinajstić information content (AvgIpc) is 2.93. The third kappa shape index (κ3) is 4.79. The van der Waals surface area contributed by atoms with E-state index in [0.29, 0.717) is 18.7 Å². The standard InChI is InChI=1S/C17H23N5O3/c1-12(2)16-15(11-21(4)19-16)18-17(23)20(3)9-8-13-6-5-7-14(10-13)22(24)25/h5-7,10-12H,8-9H2,1-4H3,(H,18,23). The van der Waals surface area contributed by atoms with Crippen molar-refractivity contribution in [1.29, 1.82) is 0 Å². The number of nitro benzene ring substituents is 1. The van der Waals surface area contributed by atoms with Crippen LogP contribution in [0.4, 0.5) is 16.2 Å². The molecule has 1 aromatic heterocycles. The molecule has 2 rings (SSSR count). The third-order valence-corrected chi connectivity index (χ3v) is 3.85. The zero-order valence-electron chi connectivity index (χ0n) is 14.9. The summed E-state index contributed by atoms with van der Waals surface area (Å²) in [6.45, 7) is 4.48. The fraction of sp³-hybridized carbons (Fsp3) is 0.412. The van der Waals surface area contributed by atoms with Crippen molar-refractivity contribution in [3.8, 4) is 0 Å². The highest BCUT2D eigenvalue weighted by Crippen LogP contribution is 2.22. The van der Waals surface area contributed by atoms with Crippen LogP contribution in [0.15, 0.2) is 30.5 Å². The number of amides is 2. The summed E-state index contributed by atoms with van der Waals surface area (Å²) in [5, 5.41) is 18.1. The molecule has 0 aliphatic rings. The maximum atomic E-state index is 12.4. The lowest BCUT2D eigenvalue weighted by Gasteiger charge is -2.18. The van der Waals surface area contributed by atoms with Gasteiger partial charge in [0.25, 0.3) is 5.69 Å². The van der Waals surface area contributed by atoms with E-state index < -0.39 is 4.92 Å². The first-order valence-corrected chi connectivity index (χ1v) is 8.07. The minimum Gasteiger partial charge on any atom is -0.327 e. The lowest BCUT2D eigenvalue weighted by atomic mass is 10.1. The second-order valence-corrected chi connectivity index (χ2v) is 6.29. The van der Waals surface area contributed by atoms with E-state index in [0.717, 1.165) is 11.3 Å². The van der Waals surface area contributed by atoms with Crippen molar-refractivity contribution in [3.63, 3.8) is 0 Å². The summed E-state index contributed by atoms with van der Waals surface area (Å²) in [6, 6.07) is 6.22. The van der Waals surface area contributed by atoms with Gasteiger partial charge in [-0.2, -0.15) is 5.10 Å². The maximum absolute atomic E-state index is 12.4. The van der Waals surface area contributed by atoms with Crippen LogP contribution in [-0.4, -0.2) is 39.2 Å². The zero-order chi connectivity index (χ0) is 18.6. The molecule has 134 valence electrons. The molecule has 0 bridgehead atoms. The van der Waals surface area contributed by atoms with Gasteiger partial charge in [-0.15, -0.1) is 0 Å². The molecule has 2 amide bonds. The van der Waals surface area contributed by atoms with E-state index in [-0.39, 0.29) is 17.6 Å². The Kier molecular flexibility index (Phi) is 5.74. The number of hydrogen-bond donors (Lipinski definition) is 1. The normalized spacial score (nSPS) is 10.8. The number of rotatable bonds is 6. The van der Waals surface area contributed by atoms with E-state index in [9.17, 15) is 14.9 Å². The van der Waals surface area contributed by atoms with Crippen LogP contribution >= 0.6 is 0 Å². The summed E-state index contributed by atoms with van der Waals surface area (Å²) < 4.78 is 1.67. The molecule has 25 heavy (non-hydrogen) atoms. The largest absolute Gasteiger partial charge is 0.327 e. The molecule has 0 spiro atoms. The van der Waals surface area contributed by atoms with Crippen LogP contribution < -0.4 is 5.32 Å². The highest BCUT2D eigenvalue weighted by Gasteiger charge is 2.16. The van der Waals surface area contributed by atoms with Crippen molar-refractivity contribution in [3.05, 3.63) is 51.8 Å². The molecule has 1 heterocycles. The first kappa shape index (κ1) is 18.4. The number of nitrogens with zero attached hydrogens (tertiary/aromatic N) is 4. The van der Waals surface area contributed by atoms with Crippen molar-refractivity contribution < 1.29 is 9.72 Å². The number of nitro groups is 1. The van der Waals surface area contributed by atoms with Gasteiger partial charge in [0.05, 0.1) is 16.3 Å². The van der Waals surface area contributed by atoms with Crippen molar-refractivity contribution >= 4 is 17.4 Å². The third-order valence-electron chi connectivity index (χ3n) is 3.85. The molecular weight excluding hydrogens is 322 g/mol. The highest BCUT2D eigenvalue weighted by molar-refractivity contribution is 5.89. The Labute approximate surface area is 146 Å². The van der Waals surface area contributed by atoms with E-state index in [1.54, 1.807) is 28.9 Å². The summed E-state index contributed by atoms with van der Waals surface area (Å²) in [4.78, 5) is 24.3. The molecule has 0 radical (unpaired) electrons. The quantitative estimate of drug-likeness (QED) is 0.643. The van der Waals surface area contributed by atoms with Crippen LogP contribution in [0.25, 0.3) is 0 Å². The number of aryl methyl sites for hydroxylation is 1. The Bertz CT molecular complexity index is 769. The van der Waals surface area contributed by atoms with E-state index in [4.69, 9.17) is 0 Å². The van der Waals surface area contributed by atoms with Gasteiger partial charge in [0.15, 0.2) is 0 Å². The topological polar surface area (TPSA) is 93.3 Å². The smallest absolute Gasteiger partial charge is 0.321 e. The van der Waals surface area contributed by atoms with Crippen LogP contribution in [0.5, 0.6) is 0 Å². The Balaban J connectivity index is 1.97. The van der Waals surface area contributed by atoms with Crippen LogP contribution in [0.1, 0.15) is 31.0 Å². The number of carbonyl (C=O) groups excluding carboxylic acids is 1. The minimum absolute atomic E-state index is 0.0570. The molecule has 1 aromatic carbocycles. The van der Waals surface area contributed by atoms with Crippen molar-refractivity contribution in [2.45, 2.75) is 26.2 Å². The Morgan fingerprint density at radius 1 is 1.44 bits per heavy atom. The highest BCUT2D eigenvalue weighted by atomic mass is 16.6. The van der Waals surface area contributed by atoms with Gasteiger partial charge < -0.3 is 10.2 Å². The second kappa shape index (κ2) is 7.78. The zero-order valence-corrected chi connectivity index (χ0v) is 14.9. The Morgan fingerprint density at radius 2 is 2.16 bits per heavy atom. The number of nitrogens with one attached hydrogen (secondary N) is 1. The van der Waals surface area contributed by atoms with Gasteiger partial charge in [-0.3, -0.25) is 14.8 Å². The number of carbonyl (C=O) groups is 1. The molecule has 0 atom stereocenters. The van der Waals surface area contributed by atoms with Gasteiger partial charge >= 0.3 is 6.03 Å². The van der Waals surface area contributed by atoms with Crippen molar-refractivity contribution in [1.82, 2.24) is 14.7 Å². The fourth-order valence-corrected chi connectivity index (χ4v) is 2.46. The van der Waals surface area contributed by atoms with Gasteiger partial charge in [-0.05, 0) is 17.9 Å². The predicted octanol–water partition coefficient (Wildman–Crippen LogP) is 3.16. The SMILES string of the molecule is CC(C)c1nn(C)cc1NC(=O)N(C)CCc1cccc([N+](=O)[O-])c1. The van der Waals surface area contributed by atoms with Crippen LogP contribution in [-0.2, 0) is 13.5 Å². The van der Waals surface area contributed by atoms with Gasteiger partial charge in [0, 0.05) is 39.0 Å². The molecule has 1 N–H and O–H groups in total. The van der Waals surface area contributed by atoms with E-state index in [1.807, 2.05) is 27.0 Å². The lowest BCUT2D eigenvalue weighted by Crippen LogP contribution is -2.33. The molecule has 0 saturated heterocycles. The maximum Gasteiger partial charge on any atom is 0.321 e. The number of aromatic nitrogens is 2. The molecule has 0 aliphatic carbocycles. The summed E-state index contributed by atoms with van der Waals surface area (Å²) in [6.07, 6.45) is 2.32. The number of urea groups is 1. The van der Waals surface area contributed by atoms with E-state index in [2.05, 4.69) is 10.4 Å². The number of non-ortho nitro benzene ring substituents is 1. The Hall–Kier alpha value is -2.90. The van der Waals surface area contributed by atoms with Gasteiger partial charge in [0.1, 0.15) is 0 Å². The molecule has 8 heteroatoms. The molecule has 2 aromatic rings. The number of likely N-dealkylation sites (N-methyl/N-ethyl adjacent to an activating group) is 1. The second-order valence-electron chi connectivity index (χ2n) is 6.29. The van der Waals surface area contributed by atoms with Gasteiger partial charge in [-0.1, -0.05) is 26.0 Å². The minimum atomic E-state index is -0.421. The first-order valence-electron chi connectivity index (χ1n) is 8.07. The number of benzene rings is 1. The molecule has 0 saturated carbocycles. The van der Waals surface area contributed by atoms with Crippen LogP contribution in [0.3, 0.4) is 0 Å². The first-order chi connectivity index (χ1) is 11.8. The van der Waals surface area contributed by atoms with Crippen molar-refractivity contribution in [2.24, 2.45) is 7.05 Å². The Morgan fingerprint density at radius 3 is 2.80 bits per heavy atom. The van der Waals surface area contributed by atoms with Gasteiger partial charge in [0.2, 0.25) is 0 Å². The molecular formula is C17H23N5O3. The lowest BCUT2D eigenvalue weighted by molar-refractivity contribution is -0.384. The molecule has 0 unspecified atom stereocenters. The number of anilines is 1. The number of hydrogen-bond acceptors (Lipinski definition) is 4. The summed E-state index contributed by atoms with van der Waals surface area (Å²) in [7, 11) is 3.51. The van der Waals surface area contributed by atoms with Crippen LogP contribution in [0, 0.1) is 10.1 Å². The van der Waals surface area contributed by atoms with Crippen LogP contribution in [0.2, 0.25) is 0 Å². The van der Waals surface area contributed by atoms with Gasteiger partial charge in [-0.25, -0.2) is 4.79 Å². The molecule has 8 nitrogen and oxygen atoms in total. The fourth-order valence-electron chi connectivity index (χ4n) is 2.46. The molecule has 0 aliphatic heterocycles. The predicted molar refractivity (Wildman–Crippen MR) is 95.7 cm³/mol. The summed E-state index contributed by atoms with van der Waals surface area (Å²) in [5.41, 5.74) is 2.41. The average molecular weight is 345 g/mol. The van der Waals surface area contributed by atoms with E-state index in [1.165, 1.54) is 12.1 Å². The molecule has 0 fully saturated rings. The summed E-state index contributed by atoms with van der Waals surface area (Å²) >= 11 is 0. The monoisotopic (exact) mass is 345 g/mol. The van der Waals surface area contributed by atoms with Crippen molar-refractivity contribution in [2.75, 3.05) is 18.9 Å². The summed E-state index contributed by atoms with van der Waals surface area (Å²) in [5.74, 6) is 0.201. The van der Waals surface area contributed by atoms with E-state index >= 15 is 0 Å².